The molecule has 3 aromatic rings. The Kier molecular flexibility index (Phi) is 3.57. The van der Waals surface area contributed by atoms with Gasteiger partial charge in [0.05, 0.1) is 0 Å². The van der Waals surface area contributed by atoms with E-state index in [1.807, 2.05) is 30.3 Å². The number of nitrogen functional groups attached to an aromatic ring is 1. The summed E-state index contributed by atoms with van der Waals surface area (Å²) in [4.78, 5) is 23.0. The van der Waals surface area contributed by atoms with Crippen molar-refractivity contribution >= 4 is 23.1 Å². The monoisotopic (exact) mass is 299 g/mol. The number of aromatic nitrogens is 4. The Bertz CT molecular complexity index is 816. The van der Waals surface area contributed by atoms with Crippen molar-refractivity contribution in [1.29, 1.82) is 0 Å². The molecule has 1 aromatic carbocycles. The number of rotatable bonds is 5. The van der Waals surface area contributed by atoms with E-state index < -0.39 is 5.97 Å². The minimum atomic E-state index is -1.04. The third-order valence-electron chi connectivity index (χ3n) is 3.05. The summed E-state index contributed by atoms with van der Waals surface area (Å²) < 4.78 is 7.00. The van der Waals surface area contributed by atoms with Crippen LogP contribution in [0.3, 0.4) is 0 Å². The summed E-state index contributed by atoms with van der Waals surface area (Å²) in [5.41, 5.74) is 7.38. The van der Waals surface area contributed by atoms with Crippen LogP contribution < -0.4 is 10.5 Å². The Balaban J connectivity index is 1.96. The normalized spacial score (nSPS) is 10.7. The van der Waals surface area contributed by atoms with Crippen molar-refractivity contribution < 1.29 is 14.6 Å². The van der Waals surface area contributed by atoms with Crippen LogP contribution in [0.1, 0.15) is 5.56 Å². The highest BCUT2D eigenvalue weighted by Gasteiger charge is 2.17. The van der Waals surface area contributed by atoms with E-state index in [9.17, 15) is 4.79 Å². The summed E-state index contributed by atoms with van der Waals surface area (Å²) in [5.74, 6) is -0.731. The van der Waals surface area contributed by atoms with Gasteiger partial charge in [-0.05, 0) is 5.56 Å². The van der Waals surface area contributed by atoms with Crippen molar-refractivity contribution in [3.8, 4) is 5.88 Å². The maximum absolute atomic E-state index is 11.0. The first-order valence-corrected chi connectivity index (χ1v) is 6.50. The summed E-state index contributed by atoms with van der Waals surface area (Å²) >= 11 is 0. The molecule has 2 aromatic heterocycles. The zero-order chi connectivity index (χ0) is 15.5. The third-order valence-corrected chi connectivity index (χ3v) is 3.05. The molecule has 0 fully saturated rings. The molecule has 0 unspecified atom stereocenters. The Morgan fingerprint density at radius 1 is 1.27 bits per heavy atom. The fourth-order valence-corrected chi connectivity index (χ4v) is 2.08. The lowest BCUT2D eigenvalue weighted by Gasteiger charge is -2.08. The average Bonchev–Trinajstić information content (AvgIpc) is 2.82. The standard InChI is InChI=1S/C14H13N5O3/c15-14-18-12-11(19(14)6-10(20)21)13(17-8-16-12)22-7-9-4-2-1-3-5-9/h1-5,8H,6-7H2,(H,20,21)(H2,15,16,17,18). The van der Waals surface area contributed by atoms with Crippen molar-refractivity contribution in [3.05, 3.63) is 42.2 Å². The van der Waals surface area contributed by atoms with E-state index in [-0.39, 0.29) is 18.4 Å². The van der Waals surface area contributed by atoms with Gasteiger partial charge in [0.2, 0.25) is 11.8 Å². The smallest absolute Gasteiger partial charge is 0.323 e. The summed E-state index contributed by atoms with van der Waals surface area (Å²) in [6.07, 6.45) is 1.31. The van der Waals surface area contributed by atoms with E-state index in [1.54, 1.807) is 0 Å². The molecule has 112 valence electrons. The lowest BCUT2D eigenvalue weighted by molar-refractivity contribution is -0.137. The summed E-state index contributed by atoms with van der Waals surface area (Å²) in [5, 5.41) is 8.98. The van der Waals surface area contributed by atoms with Crippen LogP contribution in [0.4, 0.5) is 5.95 Å². The molecule has 0 amide bonds. The molecule has 8 nitrogen and oxygen atoms in total. The predicted octanol–water partition coefficient (Wildman–Crippen LogP) is 1.07. The topological polar surface area (TPSA) is 116 Å². The summed E-state index contributed by atoms with van der Waals surface area (Å²) in [6, 6.07) is 9.56. The fraction of sp³-hybridized carbons (Fsp3) is 0.143. The van der Waals surface area contributed by atoms with Gasteiger partial charge >= 0.3 is 5.97 Å². The van der Waals surface area contributed by atoms with Gasteiger partial charge in [-0.25, -0.2) is 4.98 Å². The molecular weight excluding hydrogens is 286 g/mol. The Morgan fingerprint density at radius 3 is 2.77 bits per heavy atom. The highest BCUT2D eigenvalue weighted by Crippen LogP contribution is 2.24. The number of ether oxygens (including phenoxy) is 1. The van der Waals surface area contributed by atoms with Crippen molar-refractivity contribution in [3.63, 3.8) is 0 Å². The van der Waals surface area contributed by atoms with Gasteiger partial charge in [-0.3, -0.25) is 9.36 Å². The van der Waals surface area contributed by atoms with Gasteiger partial charge in [0, 0.05) is 0 Å². The first-order valence-electron chi connectivity index (χ1n) is 6.50. The van der Waals surface area contributed by atoms with Gasteiger partial charge in [0.25, 0.3) is 0 Å². The number of imidazole rings is 1. The maximum atomic E-state index is 11.0. The third kappa shape index (κ3) is 2.66. The molecule has 0 radical (unpaired) electrons. The van der Waals surface area contributed by atoms with Crippen molar-refractivity contribution in [2.24, 2.45) is 0 Å². The number of hydrogen-bond donors (Lipinski definition) is 2. The van der Waals surface area contributed by atoms with Gasteiger partial charge < -0.3 is 15.6 Å². The number of carbonyl (C=O) groups is 1. The van der Waals surface area contributed by atoms with Crippen molar-refractivity contribution in [2.75, 3.05) is 5.73 Å². The number of aliphatic carboxylic acids is 1. The summed E-state index contributed by atoms with van der Waals surface area (Å²) in [7, 11) is 0. The number of carboxylic acids is 1. The minimum Gasteiger partial charge on any atom is -0.480 e. The second-order valence-electron chi connectivity index (χ2n) is 4.58. The first-order chi connectivity index (χ1) is 10.6. The van der Waals surface area contributed by atoms with E-state index >= 15 is 0 Å². The van der Waals surface area contributed by atoms with E-state index in [0.717, 1.165) is 5.56 Å². The van der Waals surface area contributed by atoms with Crippen LogP contribution >= 0.6 is 0 Å². The number of fused-ring (bicyclic) bond motifs is 1. The maximum Gasteiger partial charge on any atom is 0.323 e. The number of nitrogens with two attached hydrogens (primary N) is 1. The zero-order valence-electron chi connectivity index (χ0n) is 11.5. The molecule has 0 atom stereocenters. The molecule has 0 saturated carbocycles. The molecule has 3 N–H and O–H groups in total. The van der Waals surface area contributed by atoms with Crippen LogP contribution in [0.15, 0.2) is 36.7 Å². The number of nitrogens with zero attached hydrogens (tertiary/aromatic N) is 4. The van der Waals surface area contributed by atoms with Crippen molar-refractivity contribution in [2.45, 2.75) is 13.2 Å². The van der Waals surface area contributed by atoms with E-state index in [0.29, 0.717) is 17.8 Å². The van der Waals surface area contributed by atoms with Crippen LogP contribution in [-0.4, -0.2) is 30.6 Å². The van der Waals surface area contributed by atoms with Gasteiger partial charge in [-0.1, -0.05) is 30.3 Å². The average molecular weight is 299 g/mol. The second kappa shape index (κ2) is 5.68. The number of benzene rings is 1. The highest BCUT2D eigenvalue weighted by atomic mass is 16.5. The first kappa shape index (κ1) is 13.8. The molecule has 8 heteroatoms. The van der Waals surface area contributed by atoms with Crippen molar-refractivity contribution in [1.82, 2.24) is 19.5 Å². The summed E-state index contributed by atoms with van der Waals surface area (Å²) in [6.45, 7) is -0.0392. The molecule has 0 aliphatic carbocycles. The second-order valence-corrected chi connectivity index (χ2v) is 4.58. The Hall–Kier alpha value is -3.16. The molecule has 0 spiro atoms. The van der Waals surface area contributed by atoms with Crippen LogP contribution in [0.2, 0.25) is 0 Å². The molecule has 2 heterocycles. The molecule has 0 aliphatic heterocycles. The van der Waals surface area contributed by atoms with Crippen LogP contribution in [0, 0.1) is 0 Å². The molecule has 0 saturated heterocycles. The van der Waals surface area contributed by atoms with Gasteiger partial charge in [-0.2, -0.15) is 9.97 Å². The number of carboxylic acid groups (broad SMARTS) is 1. The molecule has 3 rings (SSSR count). The minimum absolute atomic E-state index is 0.0578. The van der Waals surface area contributed by atoms with Crippen LogP contribution in [0.25, 0.3) is 11.2 Å². The number of anilines is 1. The van der Waals surface area contributed by atoms with Gasteiger partial charge in [0.1, 0.15) is 19.5 Å². The molecule has 22 heavy (non-hydrogen) atoms. The highest BCUT2D eigenvalue weighted by molar-refractivity contribution is 5.81. The Labute approximate surface area is 125 Å². The van der Waals surface area contributed by atoms with E-state index in [2.05, 4.69) is 15.0 Å². The fourth-order valence-electron chi connectivity index (χ4n) is 2.08. The zero-order valence-corrected chi connectivity index (χ0v) is 11.5. The molecule has 0 bridgehead atoms. The van der Waals surface area contributed by atoms with E-state index in [1.165, 1.54) is 10.9 Å². The van der Waals surface area contributed by atoms with Crippen LogP contribution in [0.5, 0.6) is 5.88 Å². The van der Waals surface area contributed by atoms with E-state index in [4.69, 9.17) is 15.6 Å². The van der Waals surface area contributed by atoms with Gasteiger partial charge in [-0.15, -0.1) is 0 Å². The quantitative estimate of drug-likeness (QED) is 0.723. The molecule has 0 aliphatic rings. The molecular formula is C14H13N5O3. The van der Waals surface area contributed by atoms with Crippen LogP contribution in [-0.2, 0) is 17.9 Å². The predicted molar refractivity (Wildman–Crippen MR) is 78.1 cm³/mol. The largest absolute Gasteiger partial charge is 0.480 e. The number of hydrogen-bond acceptors (Lipinski definition) is 6. The Morgan fingerprint density at radius 2 is 2.05 bits per heavy atom. The van der Waals surface area contributed by atoms with Gasteiger partial charge in [0.15, 0.2) is 11.2 Å². The lowest BCUT2D eigenvalue weighted by atomic mass is 10.2. The lowest BCUT2D eigenvalue weighted by Crippen LogP contribution is -2.12. The SMILES string of the molecule is Nc1nc2ncnc(OCc3ccccc3)c2n1CC(=O)O.